The molecule has 9 heteroatoms. The van der Waals surface area contributed by atoms with Gasteiger partial charge in [0, 0.05) is 6.54 Å². The standard InChI is InChI=1S/C21H32BN3O5/c22-23-13-5-4-9-16(19(26)25-14-6-10-18(25)21(29)30)24-17(20(27)28)12-11-15-7-2-1-3-8-15/h1-3,7-8,16-18,23-24H,4-6,9-14,22H2,(H,27,28)(H,29,30)/t16-,17-,18-/m0/s1. The van der Waals surface area contributed by atoms with Gasteiger partial charge >= 0.3 is 11.9 Å². The van der Waals surface area contributed by atoms with Crippen molar-refractivity contribution in [2.75, 3.05) is 13.1 Å². The molecule has 0 spiro atoms. The summed E-state index contributed by atoms with van der Waals surface area (Å²) >= 11 is 0. The summed E-state index contributed by atoms with van der Waals surface area (Å²) in [6.45, 7) is 1.20. The Kier molecular flexibility index (Phi) is 9.83. The van der Waals surface area contributed by atoms with Crippen LogP contribution in [0, 0.1) is 0 Å². The van der Waals surface area contributed by atoms with Crippen molar-refractivity contribution in [3.63, 3.8) is 0 Å². The molecule has 1 saturated heterocycles. The number of carbonyl (C=O) groups is 3. The predicted molar refractivity (Wildman–Crippen MR) is 116 cm³/mol. The molecule has 3 atom stereocenters. The van der Waals surface area contributed by atoms with Crippen molar-refractivity contribution in [1.29, 1.82) is 0 Å². The van der Waals surface area contributed by atoms with E-state index in [1.807, 2.05) is 38.3 Å². The van der Waals surface area contributed by atoms with E-state index in [0.29, 0.717) is 38.6 Å². The van der Waals surface area contributed by atoms with Crippen LogP contribution in [0.5, 0.6) is 0 Å². The van der Waals surface area contributed by atoms with E-state index in [-0.39, 0.29) is 5.91 Å². The Bertz CT molecular complexity index is 703. The molecule has 1 heterocycles. The first-order valence-corrected chi connectivity index (χ1v) is 10.6. The Morgan fingerprint density at radius 1 is 1.10 bits per heavy atom. The van der Waals surface area contributed by atoms with Crippen LogP contribution in [0.25, 0.3) is 0 Å². The number of nitrogens with zero attached hydrogens (tertiary/aromatic N) is 1. The highest BCUT2D eigenvalue weighted by atomic mass is 16.4. The Morgan fingerprint density at radius 2 is 1.83 bits per heavy atom. The summed E-state index contributed by atoms with van der Waals surface area (Å²) in [5.74, 6) is -2.32. The normalized spacial score (nSPS) is 18.1. The van der Waals surface area contributed by atoms with Crippen LogP contribution < -0.4 is 10.5 Å². The van der Waals surface area contributed by atoms with Gasteiger partial charge in [0.1, 0.15) is 12.1 Å². The molecule has 0 radical (unpaired) electrons. The zero-order valence-electron chi connectivity index (χ0n) is 17.5. The molecule has 1 aromatic carbocycles. The third kappa shape index (κ3) is 7.14. The number of aliphatic carboxylic acids is 2. The molecular formula is C21H32BN3O5. The number of carboxylic acid groups (broad SMARTS) is 2. The zero-order valence-corrected chi connectivity index (χ0v) is 17.5. The Morgan fingerprint density at radius 3 is 2.47 bits per heavy atom. The summed E-state index contributed by atoms with van der Waals surface area (Å²) in [4.78, 5) is 37.9. The number of carboxylic acids is 2. The van der Waals surface area contributed by atoms with Gasteiger partial charge in [-0.25, -0.2) is 4.79 Å². The third-order valence-electron chi connectivity index (χ3n) is 5.55. The Hall–Kier alpha value is -2.39. The van der Waals surface area contributed by atoms with Gasteiger partial charge in [-0.2, -0.15) is 0 Å². The average molecular weight is 417 g/mol. The van der Waals surface area contributed by atoms with Crippen molar-refractivity contribution < 1.29 is 24.6 Å². The van der Waals surface area contributed by atoms with Crippen LogP contribution in [-0.2, 0) is 20.8 Å². The highest BCUT2D eigenvalue weighted by Crippen LogP contribution is 2.20. The number of rotatable bonds is 13. The van der Waals surface area contributed by atoms with Gasteiger partial charge in [0.2, 0.25) is 5.91 Å². The number of carbonyl (C=O) groups excluding carboxylic acids is 1. The fourth-order valence-corrected chi connectivity index (χ4v) is 3.89. The minimum Gasteiger partial charge on any atom is -0.480 e. The summed E-state index contributed by atoms with van der Waals surface area (Å²) in [5, 5.41) is 25.2. The predicted octanol–water partition coefficient (Wildman–Crippen LogP) is 0.414. The van der Waals surface area contributed by atoms with E-state index >= 15 is 0 Å². The Labute approximate surface area is 178 Å². The van der Waals surface area contributed by atoms with Gasteiger partial charge in [0.25, 0.3) is 0 Å². The second-order valence-electron chi connectivity index (χ2n) is 7.76. The van der Waals surface area contributed by atoms with E-state index in [4.69, 9.17) is 0 Å². The SMILES string of the molecule is BNCCCC[C@H](N[C@@H](CCc1ccccc1)C(=O)O)C(=O)N1CCC[C@H]1C(=O)O. The van der Waals surface area contributed by atoms with Crippen molar-refractivity contribution in [3.05, 3.63) is 35.9 Å². The lowest BCUT2D eigenvalue weighted by atomic mass is 10.0. The molecule has 0 unspecified atom stereocenters. The maximum absolute atomic E-state index is 13.1. The first kappa shape index (κ1) is 23.9. The number of amides is 1. The van der Waals surface area contributed by atoms with E-state index in [1.54, 1.807) is 0 Å². The summed E-state index contributed by atoms with van der Waals surface area (Å²) in [6, 6.07) is 7.20. The first-order chi connectivity index (χ1) is 14.4. The van der Waals surface area contributed by atoms with Crippen molar-refractivity contribution >= 4 is 25.8 Å². The highest BCUT2D eigenvalue weighted by Gasteiger charge is 2.38. The average Bonchev–Trinajstić information content (AvgIpc) is 3.23. The van der Waals surface area contributed by atoms with Crippen LogP contribution in [0.4, 0.5) is 0 Å². The molecule has 30 heavy (non-hydrogen) atoms. The van der Waals surface area contributed by atoms with Crippen molar-refractivity contribution in [3.8, 4) is 0 Å². The van der Waals surface area contributed by atoms with E-state index in [0.717, 1.165) is 24.9 Å². The third-order valence-corrected chi connectivity index (χ3v) is 5.55. The van der Waals surface area contributed by atoms with E-state index in [2.05, 4.69) is 10.5 Å². The van der Waals surface area contributed by atoms with Crippen LogP contribution in [0.15, 0.2) is 30.3 Å². The molecule has 0 aromatic heterocycles. The topological polar surface area (TPSA) is 119 Å². The van der Waals surface area contributed by atoms with Crippen molar-refractivity contribution in [1.82, 2.24) is 15.4 Å². The Balaban J connectivity index is 2.07. The van der Waals surface area contributed by atoms with Gasteiger partial charge in [-0.3, -0.25) is 14.9 Å². The molecule has 1 fully saturated rings. The molecule has 1 aliphatic heterocycles. The number of hydrogen-bond donors (Lipinski definition) is 4. The maximum atomic E-state index is 13.1. The summed E-state index contributed by atoms with van der Waals surface area (Å²) in [6.07, 6.45) is 4.07. The number of likely N-dealkylation sites (tertiary alicyclic amines) is 1. The lowest BCUT2D eigenvalue weighted by Crippen LogP contribution is -2.54. The fourth-order valence-electron chi connectivity index (χ4n) is 3.89. The van der Waals surface area contributed by atoms with Gasteiger partial charge in [-0.1, -0.05) is 36.8 Å². The van der Waals surface area contributed by atoms with Crippen molar-refractivity contribution in [2.24, 2.45) is 0 Å². The van der Waals surface area contributed by atoms with Crippen LogP contribution in [0.2, 0.25) is 0 Å². The molecule has 1 amide bonds. The van der Waals surface area contributed by atoms with Crippen LogP contribution in [0.3, 0.4) is 0 Å². The molecule has 1 aromatic rings. The minimum atomic E-state index is -1.01. The van der Waals surface area contributed by atoms with Gasteiger partial charge in [0.05, 0.1) is 6.04 Å². The number of nitrogens with one attached hydrogen (secondary N) is 2. The molecule has 2 rings (SSSR count). The minimum absolute atomic E-state index is 0.310. The zero-order chi connectivity index (χ0) is 21.9. The smallest absolute Gasteiger partial charge is 0.326 e. The monoisotopic (exact) mass is 417 g/mol. The molecule has 8 nitrogen and oxygen atoms in total. The fraction of sp³-hybridized carbons (Fsp3) is 0.571. The molecule has 164 valence electrons. The number of aryl methyl sites for hydroxylation is 1. The molecule has 1 aliphatic rings. The molecule has 0 aliphatic carbocycles. The molecular weight excluding hydrogens is 385 g/mol. The van der Waals surface area contributed by atoms with Crippen LogP contribution in [-0.4, -0.2) is 72.2 Å². The first-order valence-electron chi connectivity index (χ1n) is 10.6. The summed E-state index contributed by atoms with van der Waals surface area (Å²) in [7, 11) is 1.85. The summed E-state index contributed by atoms with van der Waals surface area (Å²) < 4.78 is 0. The lowest BCUT2D eigenvalue weighted by molar-refractivity contribution is -0.149. The van der Waals surface area contributed by atoms with Gasteiger partial charge in [-0.15, -0.1) is 0 Å². The lowest BCUT2D eigenvalue weighted by Gasteiger charge is -2.29. The van der Waals surface area contributed by atoms with E-state index in [1.165, 1.54) is 4.90 Å². The molecule has 4 N–H and O–H groups in total. The second kappa shape index (κ2) is 12.3. The van der Waals surface area contributed by atoms with Crippen LogP contribution >= 0.6 is 0 Å². The summed E-state index contributed by atoms with van der Waals surface area (Å²) in [5.41, 5.74) is 1.04. The van der Waals surface area contributed by atoms with Gasteiger partial charge in [0.15, 0.2) is 7.98 Å². The van der Waals surface area contributed by atoms with E-state index in [9.17, 15) is 24.6 Å². The second-order valence-corrected chi connectivity index (χ2v) is 7.76. The van der Waals surface area contributed by atoms with Crippen molar-refractivity contribution in [2.45, 2.75) is 63.1 Å². The quantitative estimate of drug-likeness (QED) is 0.271. The highest BCUT2D eigenvalue weighted by molar-refractivity contribution is 6.04. The number of unbranched alkanes of at least 4 members (excludes halogenated alkanes) is 1. The molecule has 0 bridgehead atoms. The largest absolute Gasteiger partial charge is 0.480 e. The van der Waals surface area contributed by atoms with Gasteiger partial charge < -0.3 is 20.3 Å². The molecule has 0 saturated carbocycles. The van der Waals surface area contributed by atoms with Crippen LogP contribution in [0.1, 0.15) is 44.1 Å². The van der Waals surface area contributed by atoms with Gasteiger partial charge in [-0.05, 0) is 50.6 Å². The number of hydrogen-bond acceptors (Lipinski definition) is 5. The van der Waals surface area contributed by atoms with E-state index < -0.39 is 30.1 Å². The number of benzene rings is 1. The maximum Gasteiger partial charge on any atom is 0.326 e.